The number of Topliss-reactive ketones (excluding diaryl/α,β-unsaturated/α-hetero) is 2. The topological polar surface area (TPSA) is 151 Å². The minimum Gasteiger partial charge on any atom is -0.391 e. The predicted molar refractivity (Wildman–Crippen MR) is 140 cm³/mol. The van der Waals surface area contributed by atoms with Gasteiger partial charge in [-0.3, -0.25) is 19.2 Å². The van der Waals surface area contributed by atoms with Crippen molar-refractivity contribution in [2.45, 2.75) is 98.1 Å². The molecule has 0 aromatic heterocycles. The molecule has 11 heteroatoms. The van der Waals surface area contributed by atoms with Crippen LogP contribution in [0.2, 0.25) is 0 Å². The first-order valence-corrected chi connectivity index (χ1v) is 14.3. The van der Waals surface area contributed by atoms with Gasteiger partial charge in [-0.15, -0.1) is 0 Å². The van der Waals surface area contributed by atoms with Gasteiger partial charge in [0.1, 0.15) is 6.04 Å². The molecular formula is C23H44N4O5S2. The number of nitrogens with two attached hydrogens (primary N) is 1. The van der Waals surface area contributed by atoms with E-state index in [1.54, 1.807) is 34.6 Å². The normalized spacial score (nSPS) is 16.1. The molecule has 34 heavy (non-hydrogen) atoms. The standard InChI is InChI=1S/C23H44N4O5S2/c1-9-16(24)22(31)26-17(20(29)12(2)3)10-33-34-11-18(25-14(6)7)23(32)27-19(15(8)28)21(30)13(4)5/h12-19,25,28H,9-11,24H2,1-8H3,(H,26,31)(H,27,32)/t15-,16+,17+,18+,19+/m1/s1. The zero-order valence-corrected chi connectivity index (χ0v) is 23.3. The fraction of sp³-hybridized carbons (Fsp3) is 0.826. The summed E-state index contributed by atoms with van der Waals surface area (Å²) in [6.45, 7) is 14.1. The summed E-state index contributed by atoms with van der Waals surface area (Å²) in [6.07, 6.45) is -0.540. The molecule has 0 aliphatic rings. The van der Waals surface area contributed by atoms with E-state index < -0.39 is 30.3 Å². The molecule has 0 bridgehead atoms. The zero-order chi connectivity index (χ0) is 26.6. The van der Waals surface area contributed by atoms with Crippen molar-refractivity contribution in [3.63, 3.8) is 0 Å². The molecule has 0 spiro atoms. The molecule has 0 fully saturated rings. The van der Waals surface area contributed by atoms with Crippen LogP contribution in [-0.2, 0) is 19.2 Å². The van der Waals surface area contributed by atoms with Gasteiger partial charge in [0.15, 0.2) is 11.6 Å². The van der Waals surface area contributed by atoms with Gasteiger partial charge < -0.3 is 26.8 Å². The second-order valence-electron chi connectivity index (χ2n) is 9.36. The lowest BCUT2D eigenvalue weighted by Gasteiger charge is -2.26. The van der Waals surface area contributed by atoms with Crippen molar-refractivity contribution in [1.82, 2.24) is 16.0 Å². The summed E-state index contributed by atoms with van der Waals surface area (Å²) in [5.41, 5.74) is 5.79. The summed E-state index contributed by atoms with van der Waals surface area (Å²) in [5.74, 6) is -0.914. The first kappa shape index (κ1) is 32.9. The highest BCUT2D eigenvalue weighted by atomic mass is 33.1. The summed E-state index contributed by atoms with van der Waals surface area (Å²) in [7, 11) is 2.77. The fourth-order valence-corrected chi connectivity index (χ4v) is 5.29. The van der Waals surface area contributed by atoms with Gasteiger partial charge in [0.25, 0.3) is 0 Å². The number of hydrogen-bond acceptors (Lipinski definition) is 9. The highest BCUT2D eigenvalue weighted by molar-refractivity contribution is 8.76. The molecular weight excluding hydrogens is 476 g/mol. The van der Waals surface area contributed by atoms with Crippen molar-refractivity contribution in [3.8, 4) is 0 Å². The van der Waals surface area contributed by atoms with E-state index in [2.05, 4.69) is 16.0 Å². The van der Waals surface area contributed by atoms with Crippen LogP contribution in [0.1, 0.15) is 61.8 Å². The van der Waals surface area contributed by atoms with Crippen molar-refractivity contribution in [2.24, 2.45) is 17.6 Å². The average molecular weight is 521 g/mol. The van der Waals surface area contributed by atoms with E-state index >= 15 is 0 Å². The fourth-order valence-electron chi connectivity index (χ4n) is 2.94. The van der Waals surface area contributed by atoms with Crippen LogP contribution in [0, 0.1) is 11.8 Å². The first-order chi connectivity index (χ1) is 15.7. The van der Waals surface area contributed by atoms with Crippen molar-refractivity contribution >= 4 is 45.0 Å². The van der Waals surface area contributed by atoms with Gasteiger partial charge in [0.2, 0.25) is 11.8 Å². The molecule has 0 heterocycles. The molecule has 0 rings (SSSR count). The summed E-state index contributed by atoms with van der Waals surface area (Å²) < 4.78 is 0. The molecule has 0 aliphatic heterocycles. The Balaban J connectivity index is 5.14. The molecule has 0 aromatic carbocycles. The number of carbonyl (C=O) groups excluding carboxylic acids is 4. The molecule has 0 aromatic rings. The Morgan fingerprint density at radius 3 is 1.71 bits per heavy atom. The van der Waals surface area contributed by atoms with Gasteiger partial charge in [0, 0.05) is 29.4 Å². The first-order valence-electron chi connectivity index (χ1n) is 11.8. The van der Waals surface area contributed by atoms with Crippen molar-refractivity contribution < 1.29 is 24.3 Å². The van der Waals surface area contributed by atoms with E-state index in [1.807, 2.05) is 13.8 Å². The monoisotopic (exact) mass is 520 g/mol. The Kier molecular flexibility index (Phi) is 16.0. The molecule has 0 unspecified atom stereocenters. The number of aliphatic hydroxyl groups is 1. The summed E-state index contributed by atoms with van der Waals surface area (Å²) >= 11 is 0. The summed E-state index contributed by atoms with van der Waals surface area (Å²) in [4.78, 5) is 50.1. The van der Waals surface area contributed by atoms with E-state index in [4.69, 9.17) is 5.73 Å². The van der Waals surface area contributed by atoms with Crippen molar-refractivity contribution in [1.29, 1.82) is 0 Å². The summed E-state index contributed by atoms with van der Waals surface area (Å²) in [5, 5.41) is 18.6. The number of amides is 2. The van der Waals surface area contributed by atoms with Crippen LogP contribution in [0.15, 0.2) is 0 Å². The second kappa shape index (κ2) is 16.5. The van der Waals surface area contributed by atoms with Crippen LogP contribution in [-0.4, -0.2) is 76.3 Å². The molecule has 0 saturated heterocycles. The third kappa shape index (κ3) is 12.0. The van der Waals surface area contributed by atoms with Gasteiger partial charge in [-0.2, -0.15) is 0 Å². The van der Waals surface area contributed by atoms with Crippen LogP contribution in [0.3, 0.4) is 0 Å². The lowest BCUT2D eigenvalue weighted by molar-refractivity contribution is -0.132. The Morgan fingerprint density at radius 2 is 1.29 bits per heavy atom. The number of carbonyl (C=O) groups is 4. The van der Waals surface area contributed by atoms with E-state index in [1.165, 1.54) is 28.5 Å². The van der Waals surface area contributed by atoms with E-state index in [0.717, 1.165) is 0 Å². The third-order valence-electron chi connectivity index (χ3n) is 5.07. The van der Waals surface area contributed by atoms with Gasteiger partial charge in [0.05, 0.1) is 24.2 Å². The maximum Gasteiger partial charge on any atom is 0.238 e. The zero-order valence-electron chi connectivity index (χ0n) is 21.7. The summed E-state index contributed by atoms with van der Waals surface area (Å²) in [6, 6.07) is -2.92. The average Bonchev–Trinajstić information content (AvgIpc) is 2.75. The quantitative estimate of drug-likeness (QED) is 0.141. The van der Waals surface area contributed by atoms with E-state index in [0.29, 0.717) is 17.9 Å². The molecule has 0 saturated carbocycles. The SMILES string of the molecule is CC[C@H](N)C(=O)N[C@@H](CSSC[C@H](NC(C)C)C(=O)N[C@H](C(=O)C(C)C)[C@@H](C)O)C(=O)C(C)C. The molecule has 5 atom stereocenters. The molecule has 0 radical (unpaired) electrons. The van der Waals surface area contributed by atoms with Gasteiger partial charge in [-0.05, 0) is 13.3 Å². The maximum atomic E-state index is 12.9. The van der Waals surface area contributed by atoms with Crippen LogP contribution >= 0.6 is 21.6 Å². The number of ketones is 2. The third-order valence-corrected chi connectivity index (χ3v) is 7.49. The van der Waals surface area contributed by atoms with Crippen LogP contribution in [0.4, 0.5) is 0 Å². The lowest BCUT2D eigenvalue weighted by atomic mass is 9.98. The van der Waals surface area contributed by atoms with Crippen LogP contribution in [0.5, 0.6) is 0 Å². The lowest BCUT2D eigenvalue weighted by Crippen LogP contribution is -2.56. The minimum absolute atomic E-state index is 0.0113. The molecule has 0 aliphatic carbocycles. The molecule has 9 nitrogen and oxygen atoms in total. The second-order valence-corrected chi connectivity index (χ2v) is 11.9. The molecule has 6 N–H and O–H groups in total. The van der Waals surface area contributed by atoms with Gasteiger partial charge >= 0.3 is 0 Å². The number of hydrogen-bond donors (Lipinski definition) is 5. The Morgan fingerprint density at radius 1 is 0.794 bits per heavy atom. The Labute approximate surface area is 212 Å². The van der Waals surface area contributed by atoms with Crippen LogP contribution < -0.4 is 21.7 Å². The van der Waals surface area contributed by atoms with Gasteiger partial charge in [-0.25, -0.2) is 0 Å². The smallest absolute Gasteiger partial charge is 0.238 e. The predicted octanol–water partition coefficient (Wildman–Crippen LogP) is 1.27. The Bertz CT molecular complexity index is 674. The number of nitrogens with one attached hydrogen (secondary N) is 3. The highest BCUT2D eigenvalue weighted by Crippen LogP contribution is 2.24. The van der Waals surface area contributed by atoms with Crippen molar-refractivity contribution in [2.75, 3.05) is 11.5 Å². The Hall–Kier alpha value is -1.14. The molecule has 198 valence electrons. The molecule has 2 amide bonds. The number of rotatable bonds is 17. The minimum atomic E-state index is -1.01. The van der Waals surface area contributed by atoms with Gasteiger partial charge in [-0.1, -0.05) is 70.1 Å². The van der Waals surface area contributed by atoms with E-state index in [9.17, 15) is 24.3 Å². The van der Waals surface area contributed by atoms with E-state index in [-0.39, 0.29) is 41.3 Å². The highest BCUT2D eigenvalue weighted by Gasteiger charge is 2.31. The van der Waals surface area contributed by atoms with Crippen molar-refractivity contribution in [3.05, 3.63) is 0 Å². The number of aliphatic hydroxyl groups excluding tert-OH is 1. The van der Waals surface area contributed by atoms with Crippen LogP contribution in [0.25, 0.3) is 0 Å². The maximum absolute atomic E-state index is 12.9. The largest absolute Gasteiger partial charge is 0.391 e.